The molecule has 2 aliphatic heterocycles. The van der Waals surface area contributed by atoms with E-state index in [4.69, 9.17) is 4.74 Å². The molecule has 2 heterocycles. The van der Waals surface area contributed by atoms with E-state index in [9.17, 15) is 9.90 Å². The SMILES string of the molecule is CC(C)I.CN1CCN(c2cccc3c2CC(C(=O)O)CO3)CC1. The van der Waals surface area contributed by atoms with Crippen molar-refractivity contribution in [3.05, 3.63) is 23.8 Å². The van der Waals surface area contributed by atoms with E-state index in [0.29, 0.717) is 6.42 Å². The van der Waals surface area contributed by atoms with Gasteiger partial charge in [0, 0.05) is 41.4 Å². The summed E-state index contributed by atoms with van der Waals surface area (Å²) in [7, 11) is 2.13. The van der Waals surface area contributed by atoms with Crippen LogP contribution in [-0.2, 0) is 11.2 Å². The van der Waals surface area contributed by atoms with Crippen molar-refractivity contribution in [2.75, 3.05) is 44.7 Å². The lowest BCUT2D eigenvalue weighted by Gasteiger charge is -2.36. The van der Waals surface area contributed by atoms with Crippen LogP contribution in [0.3, 0.4) is 0 Å². The molecule has 2 aliphatic rings. The van der Waals surface area contributed by atoms with Crippen LogP contribution in [0.4, 0.5) is 5.69 Å². The van der Waals surface area contributed by atoms with E-state index < -0.39 is 11.9 Å². The van der Waals surface area contributed by atoms with Crippen molar-refractivity contribution in [1.29, 1.82) is 0 Å². The minimum atomic E-state index is -0.774. The van der Waals surface area contributed by atoms with Crippen molar-refractivity contribution < 1.29 is 14.6 Å². The van der Waals surface area contributed by atoms with Crippen LogP contribution in [0.2, 0.25) is 0 Å². The summed E-state index contributed by atoms with van der Waals surface area (Å²) in [6, 6.07) is 6.01. The van der Waals surface area contributed by atoms with Crippen LogP contribution in [0, 0.1) is 5.92 Å². The molecule has 6 heteroatoms. The van der Waals surface area contributed by atoms with Gasteiger partial charge in [-0.25, -0.2) is 0 Å². The number of halogens is 1. The van der Waals surface area contributed by atoms with Gasteiger partial charge in [0.25, 0.3) is 0 Å². The highest BCUT2D eigenvalue weighted by molar-refractivity contribution is 14.1. The average Bonchev–Trinajstić information content (AvgIpc) is 2.54. The van der Waals surface area contributed by atoms with E-state index in [0.717, 1.165) is 47.1 Å². The predicted molar refractivity (Wildman–Crippen MR) is 106 cm³/mol. The number of alkyl halides is 1. The van der Waals surface area contributed by atoms with E-state index in [1.54, 1.807) is 0 Å². The third kappa shape index (κ3) is 5.24. The van der Waals surface area contributed by atoms with Crippen molar-refractivity contribution in [1.82, 2.24) is 4.90 Å². The second-order valence-corrected chi connectivity index (χ2v) is 9.10. The van der Waals surface area contributed by atoms with Gasteiger partial charge in [0.2, 0.25) is 0 Å². The van der Waals surface area contributed by atoms with E-state index in [2.05, 4.69) is 59.4 Å². The molecule has 0 aliphatic carbocycles. The first kappa shape index (κ1) is 19.3. The highest BCUT2D eigenvalue weighted by Gasteiger charge is 2.29. The van der Waals surface area contributed by atoms with Crippen molar-refractivity contribution in [2.45, 2.75) is 24.2 Å². The van der Waals surface area contributed by atoms with Gasteiger partial charge in [-0.1, -0.05) is 42.5 Å². The second-order valence-electron chi connectivity index (χ2n) is 6.61. The maximum Gasteiger partial charge on any atom is 0.310 e. The zero-order chi connectivity index (χ0) is 17.7. The maximum atomic E-state index is 11.2. The normalized spacial score (nSPS) is 20.7. The zero-order valence-electron chi connectivity index (χ0n) is 14.7. The van der Waals surface area contributed by atoms with Gasteiger partial charge in [0.05, 0.1) is 5.92 Å². The van der Waals surface area contributed by atoms with Crippen molar-refractivity contribution in [2.24, 2.45) is 5.92 Å². The molecule has 1 N–H and O–H groups in total. The fourth-order valence-electron chi connectivity index (χ4n) is 2.89. The summed E-state index contributed by atoms with van der Waals surface area (Å²) >= 11 is 2.34. The summed E-state index contributed by atoms with van der Waals surface area (Å²) in [5, 5.41) is 9.20. The smallest absolute Gasteiger partial charge is 0.310 e. The molecule has 0 saturated carbocycles. The summed E-state index contributed by atoms with van der Waals surface area (Å²) in [5.41, 5.74) is 2.19. The van der Waals surface area contributed by atoms with E-state index in [1.165, 1.54) is 0 Å². The van der Waals surface area contributed by atoms with Gasteiger partial charge in [-0.2, -0.15) is 0 Å². The largest absolute Gasteiger partial charge is 0.492 e. The highest BCUT2D eigenvalue weighted by Crippen LogP contribution is 2.35. The Morgan fingerprint density at radius 3 is 2.50 bits per heavy atom. The molecular weight excluding hydrogens is 419 g/mol. The van der Waals surface area contributed by atoms with Crippen LogP contribution in [0.25, 0.3) is 0 Å². The van der Waals surface area contributed by atoms with Gasteiger partial charge in [-0.05, 0) is 25.6 Å². The molecular formula is C18H27IN2O3. The monoisotopic (exact) mass is 446 g/mol. The molecule has 1 unspecified atom stereocenters. The Balaban J connectivity index is 0.000000471. The number of carboxylic acids is 1. The quantitative estimate of drug-likeness (QED) is 0.560. The Kier molecular flexibility index (Phi) is 7.16. The lowest BCUT2D eigenvalue weighted by molar-refractivity contribution is -0.143. The van der Waals surface area contributed by atoms with E-state index in [-0.39, 0.29) is 6.61 Å². The molecule has 134 valence electrons. The van der Waals surface area contributed by atoms with Crippen LogP contribution in [0.15, 0.2) is 18.2 Å². The van der Waals surface area contributed by atoms with Crippen molar-refractivity contribution in [3.63, 3.8) is 0 Å². The number of carbonyl (C=O) groups is 1. The third-order valence-corrected chi connectivity index (χ3v) is 4.19. The number of hydrogen-bond donors (Lipinski definition) is 1. The number of likely N-dealkylation sites (N-methyl/N-ethyl adjacent to an activating group) is 1. The molecule has 3 rings (SSSR count). The molecule has 0 aromatic heterocycles. The van der Waals surface area contributed by atoms with Crippen molar-refractivity contribution >= 4 is 34.2 Å². The van der Waals surface area contributed by atoms with Gasteiger partial charge < -0.3 is 19.6 Å². The highest BCUT2D eigenvalue weighted by atomic mass is 127. The third-order valence-electron chi connectivity index (χ3n) is 4.19. The lowest BCUT2D eigenvalue weighted by atomic mass is 9.95. The molecule has 1 aromatic carbocycles. The van der Waals surface area contributed by atoms with Crippen LogP contribution < -0.4 is 9.64 Å². The number of piperazine rings is 1. The topological polar surface area (TPSA) is 53.0 Å². The standard InChI is InChI=1S/C15H20N2O3.C3H7I/c1-16-5-7-17(8-6-16)13-3-2-4-14-12(13)9-11(10-20-14)15(18)19;1-3(2)4/h2-4,11H,5-10H2,1H3,(H,18,19);3H,1-2H3. The minimum absolute atomic E-state index is 0.272. The molecule has 1 aromatic rings. The molecule has 1 fully saturated rings. The fraction of sp³-hybridized carbons (Fsp3) is 0.611. The first-order valence-corrected chi connectivity index (χ1v) is 9.68. The predicted octanol–water partition coefficient (Wildman–Crippen LogP) is 2.90. The summed E-state index contributed by atoms with van der Waals surface area (Å²) in [5.74, 6) is -0.362. The number of fused-ring (bicyclic) bond motifs is 1. The van der Waals surface area contributed by atoms with Crippen LogP contribution in [0.1, 0.15) is 19.4 Å². The summed E-state index contributed by atoms with van der Waals surface area (Å²) in [6.07, 6.45) is 0.563. The molecule has 0 amide bonds. The number of carboxylic acid groups (broad SMARTS) is 1. The Morgan fingerprint density at radius 2 is 1.92 bits per heavy atom. The van der Waals surface area contributed by atoms with Crippen LogP contribution >= 0.6 is 22.6 Å². The number of nitrogens with zero attached hydrogens (tertiary/aromatic N) is 2. The van der Waals surface area contributed by atoms with E-state index >= 15 is 0 Å². The van der Waals surface area contributed by atoms with Gasteiger partial charge >= 0.3 is 5.97 Å². The molecule has 5 nitrogen and oxygen atoms in total. The molecule has 1 atom stereocenters. The lowest BCUT2D eigenvalue weighted by Crippen LogP contribution is -2.45. The molecule has 1 saturated heterocycles. The molecule has 0 spiro atoms. The Morgan fingerprint density at radius 1 is 1.29 bits per heavy atom. The molecule has 24 heavy (non-hydrogen) atoms. The van der Waals surface area contributed by atoms with Crippen LogP contribution in [-0.4, -0.2) is 59.7 Å². The van der Waals surface area contributed by atoms with E-state index in [1.807, 2.05) is 12.1 Å². The molecule has 0 bridgehead atoms. The summed E-state index contributed by atoms with van der Waals surface area (Å²) in [6.45, 7) is 8.60. The Labute approximate surface area is 158 Å². The van der Waals surface area contributed by atoms with Gasteiger partial charge in [-0.15, -0.1) is 0 Å². The summed E-state index contributed by atoms with van der Waals surface area (Å²) < 4.78 is 6.44. The fourth-order valence-corrected chi connectivity index (χ4v) is 2.89. The maximum absolute atomic E-state index is 11.2. The zero-order valence-corrected chi connectivity index (χ0v) is 16.8. The number of anilines is 1. The number of ether oxygens (including phenoxy) is 1. The Hall–Kier alpha value is -1.02. The molecule has 0 radical (unpaired) electrons. The summed E-state index contributed by atoms with van der Waals surface area (Å²) in [4.78, 5) is 15.8. The van der Waals surface area contributed by atoms with Gasteiger partial charge in [0.15, 0.2) is 0 Å². The minimum Gasteiger partial charge on any atom is -0.492 e. The Bertz CT molecular complexity index is 554. The number of rotatable bonds is 2. The first-order chi connectivity index (χ1) is 11.4. The number of hydrogen-bond acceptors (Lipinski definition) is 4. The van der Waals surface area contributed by atoms with Crippen LogP contribution in [0.5, 0.6) is 5.75 Å². The number of benzene rings is 1. The van der Waals surface area contributed by atoms with Gasteiger partial charge in [0.1, 0.15) is 12.4 Å². The van der Waals surface area contributed by atoms with Gasteiger partial charge in [-0.3, -0.25) is 4.79 Å². The first-order valence-electron chi connectivity index (χ1n) is 8.43. The average molecular weight is 446 g/mol. The number of aliphatic carboxylic acids is 1. The second kappa shape index (κ2) is 8.89. The van der Waals surface area contributed by atoms with Crippen molar-refractivity contribution in [3.8, 4) is 5.75 Å².